The average Bonchev–Trinajstić information content (AvgIpc) is 2.67. The zero-order chi connectivity index (χ0) is 15.6. The van der Waals surface area contributed by atoms with E-state index in [1.54, 1.807) is 0 Å². The van der Waals surface area contributed by atoms with Crippen molar-refractivity contribution >= 4 is 0 Å². The Bertz CT molecular complexity index is 250. The lowest BCUT2D eigenvalue weighted by atomic mass is 9.77. The van der Waals surface area contributed by atoms with Crippen molar-refractivity contribution in [3.63, 3.8) is 0 Å². The molecule has 0 amide bonds. The molecule has 0 saturated carbocycles. The van der Waals surface area contributed by atoms with Gasteiger partial charge in [0.15, 0.2) is 0 Å². The first kappa shape index (κ1) is 18.9. The minimum atomic E-state index is 0.476. The second-order valence-electron chi connectivity index (χ2n) is 7.55. The molecule has 1 N–H and O–H groups in total. The minimum absolute atomic E-state index is 0.476. The smallest absolute Gasteiger partial charge is 0.0590 e. The zero-order valence-electron chi connectivity index (χ0n) is 14.9. The zero-order valence-corrected chi connectivity index (χ0v) is 14.9. The van der Waals surface area contributed by atoms with Gasteiger partial charge >= 0.3 is 0 Å². The van der Waals surface area contributed by atoms with Crippen molar-refractivity contribution in [1.29, 1.82) is 0 Å². The standard InChI is InChI=1S/C18H38N2O/c1-5-6-15-21-16-11-19-10-14-20-12-7-8-17(9-13-20)18(2,3)4/h17,19H,5-16H2,1-4H3. The molecule has 0 aromatic heterocycles. The van der Waals surface area contributed by atoms with E-state index < -0.39 is 0 Å². The molecule has 1 saturated heterocycles. The molecule has 21 heavy (non-hydrogen) atoms. The Kier molecular flexibility index (Phi) is 9.54. The Hall–Kier alpha value is -0.120. The molecule has 3 nitrogen and oxygen atoms in total. The first-order chi connectivity index (χ1) is 10.0. The fraction of sp³-hybridized carbons (Fsp3) is 1.00. The minimum Gasteiger partial charge on any atom is -0.380 e. The van der Waals surface area contributed by atoms with Crippen molar-refractivity contribution in [2.24, 2.45) is 11.3 Å². The van der Waals surface area contributed by atoms with Gasteiger partial charge in [-0.1, -0.05) is 34.1 Å². The molecule has 3 heteroatoms. The van der Waals surface area contributed by atoms with E-state index in [4.69, 9.17) is 4.74 Å². The largest absolute Gasteiger partial charge is 0.380 e. The highest BCUT2D eigenvalue weighted by atomic mass is 16.5. The molecule has 1 atom stereocenters. The highest BCUT2D eigenvalue weighted by Crippen LogP contribution is 2.34. The van der Waals surface area contributed by atoms with Crippen LogP contribution in [0.25, 0.3) is 0 Å². The van der Waals surface area contributed by atoms with E-state index in [1.807, 2.05) is 0 Å². The quantitative estimate of drug-likeness (QED) is 0.659. The molecule has 1 aliphatic rings. The molecule has 0 aromatic carbocycles. The fourth-order valence-electron chi connectivity index (χ4n) is 3.10. The van der Waals surface area contributed by atoms with Crippen LogP contribution in [0.2, 0.25) is 0 Å². The lowest BCUT2D eigenvalue weighted by Crippen LogP contribution is -2.34. The van der Waals surface area contributed by atoms with Crippen LogP contribution in [-0.2, 0) is 4.74 Å². The van der Waals surface area contributed by atoms with E-state index in [0.717, 1.165) is 32.2 Å². The molecule has 1 aliphatic heterocycles. The molecular weight excluding hydrogens is 260 g/mol. The third-order valence-corrected chi connectivity index (χ3v) is 4.72. The van der Waals surface area contributed by atoms with Crippen LogP contribution in [0.15, 0.2) is 0 Å². The van der Waals surface area contributed by atoms with Gasteiger partial charge in [-0.2, -0.15) is 0 Å². The highest BCUT2D eigenvalue weighted by molar-refractivity contribution is 4.78. The van der Waals surface area contributed by atoms with Gasteiger partial charge in [-0.05, 0) is 50.1 Å². The Morgan fingerprint density at radius 1 is 1.10 bits per heavy atom. The van der Waals surface area contributed by atoms with Crippen LogP contribution < -0.4 is 5.32 Å². The Balaban J connectivity index is 2.03. The van der Waals surface area contributed by atoms with E-state index in [0.29, 0.717) is 5.41 Å². The molecule has 0 radical (unpaired) electrons. The Morgan fingerprint density at radius 2 is 1.90 bits per heavy atom. The van der Waals surface area contributed by atoms with Crippen LogP contribution in [0.5, 0.6) is 0 Å². The van der Waals surface area contributed by atoms with Gasteiger partial charge in [0.25, 0.3) is 0 Å². The maximum Gasteiger partial charge on any atom is 0.0590 e. The molecule has 0 aromatic rings. The normalized spacial score (nSPS) is 21.4. The predicted octanol–water partition coefficient (Wildman–Crippen LogP) is 3.54. The number of nitrogens with zero attached hydrogens (tertiary/aromatic N) is 1. The second kappa shape index (κ2) is 10.6. The molecular formula is C18H38N2O. The van der Waals surface area contributed by atoms with Crippen LogP contribution in [0.4, 0.5) is 0 Å². The maximum atomic E-state index is 5.56. The van der Waals surface area contributed by atoms with Crippen LogP contribution >= 0.6 is 0 Å². The summed E-state index contributed by atoms with van der Waals surface area (Å²) in [6.07, 6.45) is 6.53. The number of hydrogen-bond acceptors (Lipinski definition) is 3. The molecule has 0 aliphatic carbocycles. The van der Waals surface area contributed by atoms with E-state index in [-0.39, 0.29) is 0 Å². The molecule has 1 fully saturated rings. The van der Waals surface area contributed by atoms with E-state index >= 15 is 0 Å². The lowest BCUT2D eigenvalue weighted by molar-refractivity contribution is 0.132. The van der Waals surface area contributed by atoms with Crippen LogP contribution in [0.1, 0.15) is 59.8 Å². The van der Waals surface area contributed by atoms with Crippen molar-refractivity contribution < 1.29 is 4.74 Å². The summed E-state index contributed by atoms with van der Waals surface area (Å²) in [6, 6.07) is 0. The summed E-state index contributed by atoms with van der Waals surface area (Å²) in [5.41, 5.74) is 0.476. The van der Waals surface area contributed by atoms with Gasteiger partial charge in [-0.15, -0.1) is 0 Å². The summed E-state index contributed by atoms with van der Waals surface area (Å²) >= 11 is 0. The van der Waals surface area contributed by atoms with Gasteiger partial charge in [0.1, 0.15) is 0 Å². The van der Waals surface area contributed by atoms with Crippen molar-refractivity contribution in [1.82, 2.24) is 10.2 Å². The van der Waals surface area contributed by atoms with E-state index in [1.165, 1.54) is 51.7 Å². The lowest BCUT2D eigenvalue weighted by Gasteiger charge is -2.29. The maximum absolute atomic E-state index is 5.56. The molecule has 1 rings (SSSR count). The Labute approximate surface area is 132 Å². The number of nitrogens with one attached hydrogen (secondary N) is 1. The topological polar surface area (TPSA) is 24.5 Å². The van der Waals surface area contributed by atoms with Crippen molar-refractivity contribution in [3.05, 3.63) is 0 Å². The van der Waals surface area contributed by atoms with Crippen molar-refractivity contribution in [2.45, 2.75) is 59.8 Å². The molecule has 126 valence electrons. The fourth-order valence-corrected chi connectivity index (χ4v) is 3.10. The third-order valence-electron chi connectivity index (χ3n) is 4.72. The molecule has 1 unspecified atom stereocenters. The number of rotatable bonds is 9. The predicted molar refractivity (Wildman–Crippen MR) is 91.8 cm³/mol. The summed E-state index contributed by atoms with van der Waals surface area (Å²) in [6.45, 7) is 17.0. The first-order valence-corrected chi connectivity index (χ1v) is 9.05. The summed E-state index contributed by atoms with van der Waals surface area (Å²) < 4.78 is 5.56. The number of hydrogen-bond donors (Lipinski definition) is 1. The monoisotopic (exact) mass is 298 g/mol. The average molecular weight is 299 g/mol. The highest BCUT2D eigenvalue weighted by Gasteiger charge is 2.26. The van der Waals surface area contributed by atoms with E-state index in [9.17, 15) is 0 Å². The van der Waals surface area contributed by atoms with Crippen LogP contribution in [0.3, 0.4) is 0 Å². The SMILES string of the molecule is CCCCOCCNCCN1CCCC(C(C)(C)C)CC1. The van der Waals surface area contributed by atoms with Gasteiger partial charge < -0.3 is 15.0 Å². The summed E-state index contributed by atoms with van der Waals surface area (Å²) in [7, 11) is 0. The van der Waals surface area contributed by atoms with Crippen LogP contribution in [0, 0.1) is 11.3 Å². The number of unbranched alkanes of at least 4 members (excludes halogenated alkanes) is 1. The van der Waals surface area contributed by atoms with Crippen molar-refractivity contribution in [2.75, 3.05) is 45.9 Å². The van der Waals surface area contributed by atoms with Crippen molar-refractivity contribution in [3.8, 4) is 0 Å². The number of likely N-dealkylation sites (tertiary alicyclic amines) is 1. The van der Waals surface area contributed by atoms with Gasteiger partial charge in [0.2, 0.25) is 0 Å². The number of ether oxygens (including phenoxy) is 1. The van der Waals surface area contributed by atoms with E-state index in [2.05, 4.69) is 37.9 Å². The molecule has 0 bridgehead atoms. The van der Waals surface area contributed by atoms with Gasteiger partial charge in [-0.25, -0.2) is 0 Å². The summed E-state index contributed by atoms with van der Waals surface area (Å²) in [5, 5.41) is 3.50. The summed E-state index contributed by atoms with van der Waals surface area (Å²) in [5.74, 6) is 0.891. The van der Waals surface area contributed by atoms with Gasteiger partial charge in [0, 0.05) is 26.2 Å². The molecule has 0 spiro atoms. The molecule has 1 heterocycles. The second-order valence-corrected chi connectivity index (χ2v) is 7.55. The van der Waals surface area contributed by atoms with Gasteiger partial charge in [0.05, 0.1) is 6.61 Å². The Morgan fingerprint density at radius 3 is 2.62 bits per heavy atom. The van der Waals surface area contributed by atoms with Gasteiger partial charge in [-0.3, -0.25) is 0 Å². The first-order valence-electron chi connectivity index (χ1n) is 9.05. The van der Waals surface area contributed by atoms with Crippen LogP contribution in [-0.4, -0.2) is 50.8 Å². The summed E-state index contributed by atoms with van der Waals surface area (Å²) in [4.78, 5) is 2.64. The third kappa shape index (κ3) is 8.80.